The van der Waals surface area contributed by atoms with Gasteiger partial charge in [-0.3, -0.25) is 4.57 Å². The van der Waals surface area contributed by atoms with Crippen LogP contribution in [-0.4, -0.2) is 50.4 Å². The fourth-order valence-electron chi connectivity index (χ4n) is 3.46. The molecule has 0 aliphatic carbocycles. The molecule has 1 aliphatic heterocycles. The van der Waals surface area contributed by atoms with Crippen molar-refractivity contribution in [3.05, 3.63) is 22.7 Å². The minimum Gasteiger partial charge on any atom is -0.414 e. The van der Waals surface area contributed by atoms with Gasteiger partial charge in [0.1, 0.15) is 17.6 Å². The molecule has 2 N–H and O–H groups in total. The Hall–Kier alpha value is -0.716. The monoisotopic (exact) mass is 517 g/mol. The zero-order valence-electron chi connectivity index (χ0n) is 22.3. The van der Waals surface area contributed by atoms with Gasteiger partial charge in [0.15, 0.2) is 16.6 Å². The highest BCUT2D eigenvalue weighted by Crippen LogP contribution is 2.48. The van der Waals surface area contributed by atoms with Crippen LogP contribution in [0.1, 0.15) is 54.7 Å². The molecule has 33 heavy (non-hydrogen) atoms. The third-order valence-corrected chi connectivity index (χ3v) is 17.3. The second kappa shape index (κ2) is 9.39. The van der Waals surface area contributed by atoms with Crippen LogP contribution in [-0.2, 0) is 13.6 Å². The molecular weight excluding hydrogens is 474 g/mol. The Kier molecular flexibility index (Phi) is 8.11. The van der Waals surface area contributed by atoms with Crippen LogP contribution in [0.2, 0.25) is 36.3 Å². The van der Waals surface area contributed by atoms with Crippen molar-refractivity contribution in [3.8, 4) is 0 Å². The first-order chi connectivity index (χ1) is 14.8. The van der Waals surface area contributed by atoms with Crippen LogP contribution in [0, 0.1) is 5.92 Å². The van der Waals surface area contributed by atoms with E-state index >= 15 is 0 Å². The predicted octanol–water partition coefficient (Wildman–Crippen LogP) is 5.38. The lowest BCUT2D eigenvalue weighted by molar-refractivity contribution is -0.109. The highest BCUT2D eigenvalue weighted by atomic mass is 35.5. The van der Waals surface area contributed by atoms with Crippen LogP contribution in [0.3, 0.4) is 0 Å². The molecule has 0 unspecified atom stereocenters. The molecule has 0 saturated carbocycles. The Bertz CT molecular complexity index is 895. The van der Waals surface area contributed by atoms with Crippen molar-refractivity contribution < 1.29 is 13.6 Å². The van der Waals surface area contributed by atoms with Gasteiger partial charge in [-0.05, 0) is 42.3 Å². The standard InChI is InChI=1S/C23H44ClN3O4Si2/c1-16-18(31-33(10,11)22(5,6)7)23(14-24,15-29-32(8,9)21(2,3)4)30-19(16)27-13-12-17(25)26-20(27)28/h12-13,16,18-19H,14-15H2,1-11H3,(H2,25,26,28)/t16-,18-,19+,23+/m0/s1. The van der Waals surface area contributed by atoms with E-state index in [0.29, 0.717) is 6.61 Å². The maximum Gasteiger partial charge on any atom is 0.351 e. The van der Waals surface area contributed by atoms with Crippen LogP contribution in [0.15, 0.2) is 17.1 Å². The number of hydrogen-bond acceptors (Lipinski definition) is 6. The van der Waals surface area contributed by atoms with Crippen molar-refractivity contribution in [2.75, 3.05) is 18.2 Å². The van der Waals surface area contributed by atoms with Crippen LogP contribution >= 0.6 is 11.6 Å². The lowest BCUT2D eigenvalue weighted by Gasteiger charge is -2.45. The molecule has 1 aliphatic rings. The zero-order valence-corrected chi connectivity index (χ0v) is 25.0. The summed E-state index contributed by atoms with van der Waals surface area (Å²) in [5.74, 6) is 0.226. The van der Waals surface area contributed by atoms with E-state index in [1.807, 2.05) is 6.92 Å². The van der Waals surface area contributed by atoms with Gasteiger partial charge in [-0.15, -0.1) is 11.6 Å². The summed E-state index contributed by atoms with van der Waals surface area (Å²) in [6.45, 7) is 24.5. The summed E-state index contributed by atoms with van der Waals surface area (Å²) in [6.07, 6.45) is 0.714. The molecule has 0 spiro atoms. The predicted molar refractivity (Wildman–Crippen MR) is 141 cm³/mol. The molecule has 4 atom stereocenters. The van der Waals surface area contributed by atoms with Crippen molar-refractivity contribution >= 4 is 34.1 Å². The molecule has 2 rings (SSSR count). The first-order valence-corrected chi connectivity index (χ1v) is 18.0. The summed E-state index contributed by atoms with van der Waals surface area (Å²) in [7, 11) is -4.27. The van der Waals surface area contributed by atoms with E-state index < -0.39 is 34.2 Å². The Balaban J connectivity index is 2.53. The average Bonchev–Trinajstić information content (AvgIpc) is 2.91. The van der Waals surface area contributed by atoms with Crippen LogP contribution in [0.5, 0.6) is 0 Å². The maximum atomic E-state index is 12.7. The topological polar surface area (TPSA) is 88.6 Å². The molecule has 2 heterocycles. The van der Waals surface area contributed by atoms with E-state index in [2.05, 4.69) is 72.7 Å². The Morgan fingerprint density at radius 2 is 1.70 bits per heavy atom. The molecule has 190 valence electrons. The molecule has 1 aromatic rings. The number of nitrogens with zero attached hydrogens (tertiary/aromatic N) is 2. The maximum absolute atomic E-state index is 12.7. The molecule has 1 fully saturated rings. The number of anilines is 1. The highest BCUT2D eigenvalue weighted by Gasteiger charge is 2.58. The highest BCUT2D eigenvalue weighted by molar-refractivity contribution is 6.74. The van der Waals surface area contributed by atoms with Gasteiger partial charge in [0.25, 0.3) is 0 Å². The average molecular weight is 518 g/mol. The summed E-state index contributed by atoms with van der Waals surface area (Å²) in [4.78, 5) is 16.6. The molecule has 10 heteroatoms. The molecule has 0 radical (unpaired) electrons. The second-order valence-electron chi connectivity index (χ2n) is 12.5. The SMILES string of the molecule is C[C@@H]1[C@H](n2ccc(N)nc2=O)O[C@](CCl)(CO[Si](C)(C)C(C)(C)C)[C@H]1O[Si](C)(C)C(C)(C)C. The lowest BCUT2D eigenvalue weighted by Crippen LogP contribution is -2.57. The van der Waals surface area contributed by atoms with Crippen molar-refractivity contribution in [2.24, 2.45) is 5.92 Å². The fraction of sp³-hybridized carbons (Fsp3) is 0.826. The van der Waals surface area contributed by atoms with E-state index in [9.17, 15) is 4.79 Å². The molecule has 0 amide bonds. The zero-order chi connectivity index (χ0) is 25.6. The van der Waals surface area contributed by atoms with E-state index in [4.69, 9.17) is 30.9 Å². The largest absolute Gasteiger partial charge is 0.414 e. The second-order valence-corrected chi connectivity index (χ2v) is 22.3. The minimum atomic E-state index is -2.19. The lowest BCUT2D eigenvalue weighted by atomic mass is 9.93. The normalized spacial score (nSPS) is 27.2. The molecule has 1 aromatic heterocycles. The van der Waals surface area contributed by atoms with Crippen molar-refractivity contribution in [1.82, 2.24) is 9.55 Å². The number of rotatable bonds is 7. The van der Waals surface area contributed by atoms with Gasteiger partial charge in [-0.25, -0.2) is 4.79 Å². The van der Waals surface area contributed by atoms with Gasteiger partial charge in [-0.1, -0.05) is 48.5 Å². The van der Waals surface area contributed by atoms with E-state index in [1.54, 1.807) is 12.3 Å². The Labute approximate surface area is 206 Å². The quantitative estimate of drug-likeness (QED) is 0.385. The van der Waals surface area contributed by atoms with E-state index in [1.165, 1.54) is 4.57 Å². The number of nitrogens with two attached hydrogens (primary N) is 1. The Morgan fingerprint density at radius 3 is 2.15 bits per heavy atom. The van der Waals surface area contributed by atoms with Gasteiger partial charge < -0.3 is 19.3 Å². The summed E-state index contributed by atoms with van der Waals surface area (Å²) in [5, 5.41) is 0.0421. The van der Waals surface area contributed by atoms with Gasteiger partial charge in [0.05, 0.1) is 18.6 Å². The molecule has 0 bridgehead atoms. The minimum absolute atomic E-state index is 0.00272. The van der Waals surface area contributed by atoms with Crippen LogP contribution < -0.4 is 11.4 Å². The van der Waals surface area contributed by atoms with Crippen LogP contribution in [0.25, 0.3) is 0 Å². The summed E-state index contributed by atoms with van der Waals surface area (Å²) < 4.78 is 21.7. The fourth-order valence-corrected chi connectivity index (χ4v) is 6.21. The van der Waals surface area contributed by atoms with Crippen molar-refractivity contribution in [2.45, 2.75) is 103 Å². The first-order valence-electron chi connectivity index (χ1n) is 11.7. The molecule has 7 nitrogen and oxygen atoms in total. The van der Waals surface area contributed by atoms with Crippen molar-refractivity contribution in [1.29, 1.82) is 0 Å². The smallest absolute Gasteiger partial charge is 0.351 e. The van der Waals surface area contributed by atoms with Gasteiger partial charge >= 0.3 is 5.69 Å². The first kappa shape index (κ1) is 28.5. The summed E-state index contributed by atoms with van der Waals surface area (Å²) in [6, 6.07) is 1.61. The number of nitrogen functional groups attached to an aromatic ring is 1. The van der Waals surface area contributed by atoms with Gasteiger partial charge in [-0.2, -0.15) is 4.98 Å². The summed E-state index contributed by atoms with van der Waals surface area (Å²) in [5.41, 5.74) is 4.37. The number of hydrogen-bond donors (Lipinski definition) is 1. The number of ether oxygens (including phenoxy) is 1. The van der Waals surface area contributed by atoms with E-state index in [0.717, 1.165) is 0 Å². The number of aromatic nitrogens is 2. The Morgan fingerprint density at radius 1 is 1.15 bits per heavy atom. The number of halogens is 1. The van der Waals surface area contributed by atoms with Crippen molar-refractivity contribution in [3.63, 3.8) is 0 Å². The molecule has 0 aromatic carbocycles. The van der Waals surface area contributed by atoms with E-state index in [-0.39, 0.29) is 33.8 Å². The molecular formula is C23H44ClN3O4Si2. The molecule has 1 saturated heterocycles. The van der Waals surface area contributed by atoms with Crippen LogP contribution in [0.4, 0.5) is 5.82 Å². The number of alkyl halides is 1. The summed E-state index contributed by atoms with van der Waals surface area (Å²) >= 11 is 6.65. The van der Waals surface area contributed by atoms with Gasteiger partial charge in [0.2, 0.25) is 0 Å². The third-order valence-electron chi connectivity index (χ3n) is 7.86. The third kappa shape index (κ3) is 5.75. The van der Waals surface area contributed by atoms with Gasteiger partial charge in [0, 0.05) is 12.1 Å².